The quantitative estimate of drug-likeness (QED) is 0.197. The minimum atomic E-state index is -0.828. The number of piperidine rings is 1. The van der Waals surface area contributed by atoms with Gasteiger partial charge in [-0.1, -0.05) is 12.1 Å². The average molecular weight is 656 g/mol. The van der Waals surface area contributed by atoms with Gasteiger partial charge in [-0.05, 0) is 67.8 Å². The fourth-order valence-corrected chi connectivity index (χ4v) is 5.99. The van der Waals surface area contributed by atoms with Gasteiger partial charge in [-0.25, -0.2) is 28.0 Å². The number of nitrogens with one attached hydrogen (secondary N) is 2. The number of nitrogen functional groups attached to an aromatic ring is 1. The lowest BCUT2D eigenvalue weighted by Gasteiger charge is -2.31. The molecule has 5 aromatic rings. The van der Waals surface area contributed by atoms with E-state index < -0.39 is 23.0 Å². The molecule has 0 unspecified atom stereocenters. The van der Waals surface area contributed by atoms with Crippen molar-refractivity contribution in [2.45, 2.75) is 32.2 Å². The molecule has 1 aliphatic rings. The first-order valence-corrected chi connectivity index (χ1v) is 15.5. The number of amides is 3. The van der Waals surface area contributed by atoms with Crippen molar-refractivity contribution in [1.82, 2.24) is 33.9 Å². The van der Waals surface area contributed by atoms with Gasteiger partial charge in [0.2, 0.25) is 0 Å². The van der Waals surface area contributed by atoms with Crippen LogP contribution in [0.3, 0.4) is 0 Å². The minimum absolute atomic E-state index is 0.103. The lowest BCUT2D eigenvalue weighted by atomic mass is 9.93. The number of benzene rings is 2. The topological polar surface area (TPSA) is 182 Å². The van der Waals surface area contributed by atoms with Crippen molar-refractivity contribution in [3.05, 3.63) is 105 Å². The maximum absolute atomic E-state index is 13.5. The van der Waals surface area contributed by atoms with Crippen LogP contribution >= 0.6 is 0 Å². The van der Waals surface area contributed by atoms with Crippen LogP contribution in [0.15, 0.2) is 76.7 Å². The van der Waals surface area contributed by atoms with Crippen molar-refractivity contribution >= 4 is 29.0 Å². The van der Waals surface area contributed by atoms with Crippen molar-refractivity contribution in [2.24, 2.45) is 0 Å². The molecule has 5 N–H and O–H groups in total. The van der Waals surface area contributed by atoms with Crippen LogP contribution in [0.2, 0.25) is 0 Å². The Hall–Kier alpha value is -5.83. The van der Waals surface area contributed by atoms with Gasteiger partial charge in [0.05, 0.1) is 12.3 Å². The van der Waals surface area contributed by atoms with Gasteiger partial charge in [0.25, 0.3) is 11.5 Å². The highest BCUT2D eigenvalue weighted by Crippen LogP contribution is 2.37. The van der Waals surface area contributed by atoms with E-state index in [0.717, 1.165) is 33.5 Å². The van der Waals surface area contributed by atoms with E-state index in [1.54, 1.807) is 40.6 Å². The van der Waals surface area contributed by atoms with E-state index >= 15 is 0 Å². The third-order valence-corrected chi connectivity index (χ3v) is 8.48. The smallest absolute Gasteiger partial charge is 0.335 e. The lowest BCUT2D eigenvalue weighted by molar-refractivity contribution is 0.102. The summed E-state index contributed by atoms with van der Waals surface area (Å²) in [6, 6.07) is 13.7. The predicted octanol–water partition coefficient (Wildman–Crippen LogP) is 2.58. The minimum Gasteiger partial charge on any atom is -0.395 e. The molecule has 3 aromatic heterocycles. The second-order valence-electron chi connectivity index (χ2n) is 11.4. The molecule has 248 valence electrons. The summed E-state index contributed by atoms with van der Waals surface area (Å²) >= 11 is 0. The molecule has 1 saturated heterocycles. The monoisotopic (exact) mass is 655 g/mol. The summed E-state index contributed by atoms with van der Waals surface area (Å²) in [5.74, 6) is -0.836. The van der Waals surface area contributed by atoms with Crippen LogP contribution in [-0.4, -0.2) is 71.9 Å². The first-order chi connectivity index (χ1) is 23.2. The molecule has 1 aliphatic heterocycles. The molecule has 6 rings (SSSR count). The largest absolute Gasteiger partial charge is 0.395 e. The van der Waals surface area contributed by atoms with E-state index in [0.29, 0.717) is 43.0 Å². The molecule has 0 bridgehead atoms. The SMILES string of the molecule is CCn1cc(C(=O)Nc2ccc(-c3cc(C4CCN(C(=O)NCCO)CC4)n4ncnc(N)c34)cc2)c(=O)n(-c2ccc(F)cc2)c1=O. The molecule has 0 radical (unpaired) electrons. The van der Waals surface area contributed by atoms with Crippen molar-refractivity contribution in [3.8, 4) is 16.8 Å². The van der Waals surface area contributed by atoms with Gasteiger partial charge in [0, 0.05) is 55.2 Å². The summed E-state index contributed by atoms with van der Waals surface area (Å²) in [6.07, 6.45) is 4.04. The highest BCUT2D eigenvalue weighted by molar-refractivity contribution is 6.04. The Morgan fingerprint density at radius 3 is 2.44 bits per heavy atom. The van der Waals surface area contributed by atoms with E-state index in [2.05, 4.69) is 20.7 Å². The summed E-state index contributed by atoms with van der Waals surface area (Å²) in [5, 5.41) is 18.9. The van der Waals surface area contributed by atoms with Gasteiger partial charge in [0.1, 0.15) is 23.2 Å². The number of rotatable bonds is 8. The zero-order valence-corrected chi connectivity index (χ0v) is 26.1. The number of halogens is 1. The standard InChI is InChI=1S/C33H34FN9O5/c1-2-40-18-26(31(46)42(33(40)48)24-9-5-22(34)6-10-24)30(45)39-23-7-3-20(4-8-23)25-17-27(43-28(25)29(35)37-19-38-43)21-11-14-41(15-12-21)32(47)36-13-16-44/h3-10,17-19,21,44H,2,11-16H2,1H3,(H,36,47)(H,39,45)(H2,35,37,38). The van der Waals surface area contributed by atoms with Gasteiger partial charge >= 0.3 is 11.7 Å². The number of carbonyl (C=O) groups excluding carboxylic acids is 2. The first kappa shape index (κ1) is 32.1. The summed E-state index contributed by atoms with van der Waals surface area (Å²) in [7, 11) is 0. The molecule has 48 heavy (non-hydrogen) atoms. The molecule has 14 nitrogen and oxygen atoms in total. The molecular formula is C33H34FN9O5. The van der Waals surface area contributed by atoms with Gasteiger partial charge in [0.15, 0.2) is 5.82 Å². The maximum Gasteiger partial charge on any atom is 0.335 e. The Labute approximate surface area is 273 Å². The molecule has 0 spiro atoms. The Kier molecular flexibility index (Phi) is 9.03. The van der Waals surface area contributed by atoms with Crippen LogP contribution in [0.4, 0.5) is 20.7 Å². The number of aliphatic hydroxyl groups excluding tert-OH is 1. The Morgan fingerprint density at radius 1 is 1.06 bits per heavy atom. The first-order valence-electron chi connectivity index (χ1n) is 15.5. The normalized spacial score (nSPS) is 13.5. The van der Waals surface area contributed by atoms with Gasteiger partial charge in [-0.2, -0.15) is 5.10 Å². The van der Waals surface area contributed by atoms with Crippen molar-refractivity contribution in [2.75, 3.05) is 37.3 Å². The van der Waals surface area contributed by atoms with Crippen LogP contribution in [0.1, 0.15) is 41.7 Å². The highest BCUT2D eigenvalue weighted by Gasteiger charge is 2.28. The van der Waals surface area contributed by atoms with Crippen LogP contribution in [-0.2, 0) is 6.54 Å². The number of nitrogens with zero attached hydrogens (tertiary/aromatic N) is 6. The van der Waals surface area contributed by atoms with Crippen LogP contribution in [0, 0.1) is 5.82 Å². The molecule has 2 aromatic carbocycles. The summed E-state index contributed by atoms with van der Waals surface area (Å²) in [4.78, 5) is 57.9. The molecule has 0 atom stereocenters. The number of likely N-dealkylation sites (tertiary alicyclic amines) is 1. The van der Waals surface area contributed by atoms with Crippen molar-refractivity contribution in [1.29, 1.82) is 0 Å². The Balaban J connectivity index is 1.25. The van der Waals surface area contributed by atoms with E-state index in [1.807, 2.05) is 6.07 Å². The number of aryl methyl sites for hydroxylation is 1. The lowest BCUT2D eigenvalue weighted by Crippen LogP contribution is -2.44. The number of fused-ring (bicyclic) bond motifs is 1. The molecule has 4 heterocycles. The highest BCUT2D eigenvalue weighted by atomic mass is 19.1. The molecule has 15 heteroatoms. The fourth-order valence-electron chi connectivity index (χ4n) is 5.99. The summed E-state index contributed by atoms with van der Waals surface area (Å²) < 4.78 is 17.4. The number of nitrogens with two attached hydrogens (primary N) is 1. The average Bonchev–Trinajstić information content (AvgIpc) is 3.49. The van der Waals surface area contributed by atoms with Crippen LogP contribution in [0.25, 0.3) is 22.3 Å². The van der Waals surface area contributed by atoms with E-state index in [-0.39, 0.29) is 42.9 Å². The number of anilines is 2. The van der Waals surface area contributed by atoms with E-state index in [4.69, 9.17) is 10.8 Å². The zero-order chi connectivity index (χ0) is 33.9. The number of urea groups is 1. The summed E-state index contributed by atoms with van der Waals surface area (Å²) in [6.45, 7) is 3.08. The third-order valence-electron chi connectivity index (χ3n) is 8.48. The predicted molar refractivity (Wildman–Crippen MR) is 177 cm³/mol. The second-order valence-corrected chi connectivity index (χ2v) is 11.4. The third kappa shape index (κ3) is 6.14. The van der Waals surface area contributed by atoms with Crippen LogP contribution < -0.4 is 27.6 Å². The molecular weight excluding hydrogens is 621 g/mol. The van der Waals surface area contributed by atoms with Crippen molar-refractivity contribution in [3.63, 3.8) is 0 Å². The number of hydrogen-bond donors (Lipinski definition) is 4. The fraction of sp³-hybridized carbons (Fsp3) is 0.273. The maximum atomic E-state index is 13.5. The number of hydrogen-bond acceptors (Lipinski definition) is 8. The molecule has 0 saturated carbocycles. The molecule has 3 amide bonds. The Morgan fingerprint density at radius 2 is 1.77 bits per heavy atom. The number of aromatic nitrogens is 5. The van der Waals surface area contributed by atoms with E-state index in [1.165, 1.54) is 29.2 Å². The van der Waals surface area contributed by atoms with Crippen molar-refractivity contribution < 1.29 is 19.1 Å². The summed E-state index contributed by atoms with van der Waals surface area (Å²) in [5.41, 5.74) is 8.30. The molecule has 1 fully saturated rings. The van der Waals surface area contributed by atoms with Crippen LogP contribution in [0.5, 0.6) is 0 Å². The van der Waals surface area contributed by atoms with Gasteiger partial charge in [-0.3, -0.25) is 14.2 Å². The van der Waals surface area contributed by atoms with Gasteiger partial charge < -0.3 is 26.4 Å². The number of aliphatic hydroxyl groups is 1. The molecule has 0 aliphatic carbocycles. The number of carbonyl (C=O) groups is 2. The van der Waals surface area contributed by atoms with Gasteiger partial charge in [-0.15, -0.1) is 0 Å². The zero-order valence-electron chi connectivity index (χ0n) is 26.1. The van der Waals surface area contributed by atoms with E-state index in [9.17, 15) is 23.6 Å². The second kappa shape index (κ2) is 13.5. The Bertz CT molecular complexity index is 2100.